The molecule has 1 heterocycles. The Morgan fingerprint density at radius 2 is 2.00 bits per heavy atom. The molecule has 2 rings (SSSR count). The minimum absolute atomic E-state index is 0.0381. The second kappa shape index (κ2) is 7.84. The number of halogens is 2. The first-order valence-corrected chi connectivity index (χ1v) is 7.26. The van der Waals surface area contributed by atoms with Gasteiger partial charge in [-0.05, 0) is 55.3 Å². The van der Waals surface area contributed by atoms with E-state index in [1.165, 1.54) is 12.1 Å². The lowest BCUT2D eigenvalue weighted by molar-refractivity contribution is 0.486. The Kier molecular flexibility index (Phi) is 5.81. The topological polar surface area (TPSA) is 24.9 Å². The van der Waals surface area contributed by atoms with Gasteiger partial charge in [0.25, 0.3) is 0 Å². The Morgan fingerprint density at radius 3 is 2.71 bits per heavy atom. The summed E-state index contributed by atoms with van der Waals surface area (Å²) in [7, 11) is 0. The summed E-state index contributed by atoms with van der Waals surface area (Å²) in [6.07, 6.45) is 3.87. The summed E-state index contributed by atoms with van der Waals surface area (Å²) in [5.74, 6) is -0.765. The third-order valence-corrected chi connectivity index (χ3v) is 3.34. The molecule has 0 amide bonds. The molecule has 0 aliphatic rings. The second-order valence-corrected chi connectivity index (χ2v) is 5.12. The van der Waals surface area contributed by atoms with Crippen LogP contribution in [0, 0.1) is 11.6 Å². The van der Waals surface area contributed by atoms with Crippen molar-refractivity contribution in [1.82, 2.24) is 10.3 Å². The minimum Gasteiger partial charge on any atom is -0.313 e. The smallest absolute Gasteiger partial charge is 0.126 e. The van der Waals surface area contributed by atoms with E-state index >= 15 is 0 Å². The molecule has 4 heteroatoms. The zero-order valence-electron chi connectivity index (χ0n) is 12.2. The predicted octanol–water partition coefficient (Wildman–Crippen LogP) is 3.51. The quantitative estimate of drug-likeness (QED) is 0.844. The van der Waals surface area contributed by atoms with Gasteiger partial charge >= 0.3 is 0 Å². The molecule has 1 unspecified atom stereocenters. The molecule has 0 saturated carbocycles. The van der Waals surface area contributed by atoms with Gasteiger partial charge in [-0.3, -0.25) is 4.98 Å². The van der Waals surface area contributed by atoms with E-state index in [0.29, 0.717) is 18.4 Å². The molecule has 2 nitrogen and oxygen atoms in total. The highest BCUT2D eigenvalue weighted by atomic mass is 19.1. The molecule has 0 aliphatic heterocycles. The Hall–Kier alpha value is -1.81. The summed E-state index contributed by atoms with van der Waals surface area (Å²) >= 11 is 0. The standard InChI is InChI=1S/C17H20F2N2/c1-2-8-20-16(12-15-5-3-4-9-21-15)11-13-10-14(18)6-7-17(13)19/h3-7,9-10,16,20H,2,8,11-12H2,1H3. The summed E-state index contributed by atoms with van der Waals surface area (Å²) in [5, 5.41) is 3.38. The number of pyridine rings is 1. The molecule has 0 saturated heterocycles. The van der Waals surface area contributed by atoms with Crippen LogP contribution >= 0.6 is 0 Å². The van der Waals surface area contributed by atoms with Crippen molar-refractivity contribution in [3.05, 3.63) is 65.5 Å². The van der Waals surface area contributed by atoms with Gasteiger partial charge in [-0.25, -0.2) is 8.78 Å². The Morgan fingerprint density at radius 1 is 1.14 bits per heavy atom. The predicted molar refractivity (Wildman–Crippen MR) is 80.1 cm³/mol. The Labute approximate surface area is 124 Å². The fourth-order valence-corrected chi connectivity index (χ4v) is 2.30. The van der Waals surface area contributed by atoms with Gasteiger partial charge in [0.05, 0.1) is 0 Å². The molecule has 2 aromatic rings. The van der Waals surface area contributed by atoms with Crippen LogP contribution in [-0.2, 0) is 12.8 Å². The van der Waals surface area contributed by atoms with Gasteiger partial charge in [-0.15, -0.1) is 0 Å². The molecular formula is C17H20F2N2. The number of nitrogens with zero attached hydrogens (tertiary/aromatic N) is 1. The monoisotopic (exact) mass is 290 g/mol. The maximum absolute atomic E-state index is 13.8. The SMILES string of the molecule is CCCNC(Cc1ccccn1)Cc1cc(F)ccc1F. The van der Waals surface area contributed by atoms with Crippen molar-refractivity contribution in [3.8, 4) is 0 Å². The normalized spacial score (nSPS) is 12.3. The van der Waals surface area contributed by atoms with Crippen LogP contribution in [0.25, 0.3) is 0 Å². The first-order chi connectivity index (χ1) is 10.2. The molecule has 21 heavy (non-hydrogen) atoms. The number of rotatable bonds is 7. The van der Waals surface area contributed by atoms with E-state index in [1.54, 1.807) is 6.20 Å². The van der Waals surface area contributed by atoms with Gasteiger partial charge in [0, 0.05) is 24.4 Å². The molecule has 1 N–H and O–H groups in total. The molecule has 0 aliphatic carbocycles. The van der Waals surface area contributed by atoms with Gasteiger partial charge < -0.3 is 5.32 Å². The summed E-state index contributed by atoms with van der Waals surface area (Å²) in [6.45, 7) is 2.92. The number of hydrogen-bond donors (Lipinski definition) is 1. The van der Waals surface area contributed by atoms with Crippen molar-refractivity contribution in [2.45, 2.75) is 32.2 Å². The number of nitrogens with one attached hydrogen (secondary N) is 1. The number of benzene rings is 1. The number of aromatic nitrogens is 1. The van der Waals surface area contributed by atoms with Crippen molar-refractivity contribution >= 4 is 0 Å². The van der Waals surface area contributed by atoms with Crippen LogP contribution in [0.2, 0.25) is 0 Å². The molecule has 0 spiro atoms. The van der Waals surface area contributed by atoms with Crippen LogP contribution in [0.15, 0.2) is 42.6 Å². The molecule has 1 atom stereocenters. The van der Waals surface area contributed by atoms with Crippen LogP contribution < -0.4 is 5.32 Å². The molecule has 0 fully saturated rings. The van der Waals surface area contributed by atoms with Crippen LogP contribution in [0.4, 0.5) is 8.78 Å². The lowest BCUT2D eigenvalue weighted by atomic mass is 10.0. The molecule has 0 bridgehead atoms. The van der Waals surface area contributed by atoms with Gasteiger partial charge in [-0.1, -0.05) is 13.0 Å². The third kappa shape index (κ3) is 4.90. The summed E-state index contributed by atoms with van der Waals surface area (Å²) in [5.41, 5.74) is 1.35. The maximum atomic E-state index is 13.8. The van der Waals surface area contributed by atoms with Crippen molar-refractivity contribution in [1.29, 1.82) is 0 Å². The highest BCUT2D eigenvalue weighted by Gasteiger charge is 2.14. The van der Waals surface area contributed by atoms with Crippen LogP contribution in [-0.4, -0.2) is 17.6 Å². The molecule has 1 aromatic carbocycles. The molecule has 112 valence electrons. The summed E-state index contributed by atoms with van der Waals surface area (Å²) < 4.78 is 27.1. The van der Waals surface area contributed by atoms with E-state index in [1.807, 2.05) is 18.2 Å². The average Bonchev–Trinajstić information content (AvgIpc) is 2.49. The van der Waals surface area contributed by atoms with Gasteiger partial charge in [0.1, 0.15) is 11.6 Å². The van der Waals surface area contributed by atoms with Crippen LogP contribution in [0.1, 0.15) is 24.6 Å². The van der Waals surface area contributed by atoms with E-state index in [-0.39, 0.29) is 11.9 Å². The summed E-state index contributed by atoms with van der Waals surface area (Å²) in [4.78, 5) is 4.30. The average molecular weight is 290 g/mol. The van der Waals surface area contributed by atoms with E-state index in [4.69, 9.17) is 0 Å². The Balaban J connectivity index is 2.10. The van der Waals surface area contributed by atoms with Crippen molar-refractivity contribution in [3.63, 3.8) is 0 Å². The molecule has 1 aromatic heterocycles. The third-order valence-electron chi connectivity index (χ3n) is 3.34. The molecular weight excluding hydrogens is 270 g/mol. The van der Waals surface area contributed by atoms with E-state index < -0.39 is 5.82 Å². The zero-order valence-corrected chi connectivity index (χ0v) is 12.2. The van der Waals surface area contributed by atoms with E-state index in [9.17, 15) is 8.78 Å². The van der Waals surface area contributed by atoms with Gasteiger partial charge in [0.15, 0.2) is 0 Å². The second-order valence-electron chi connectivity index (χ2n) is 5.12. The highest BCUT2D eigenvalue weighted by Crippen LogP contribution is 2.14. The minimum atomic E-state index is -0.404. The van der Waals surface area contributed by atoms with Crippen molar-refractivity contribution < 1.29 is 8.78 Å². The van der Waals surface area contributed by atoms with Crippen molar-refractivity contribution in [2.75, 3.05) is 6.54 Å². The van der Waals surface area contributed by atoms with Crippen LogP contribution in [0.5, 0.6) is 0 Å². The van der Waals surface area contributed by atoms with E-state index in [2.05, 4.69) is 17.2 Å². The van der Waals surface area contributed by atoms with Crippen molar-refractivity contribution in [2.24, 2.45) is 0 Å². The maximum Gasteiger partial charge on any atom is 0.126 e. The largest absolute Gasteiger partial charge is 0.313 e. The fourth-order valence-electron chi connectivity index (χ4n) is 2.30. The summed E-state index contributed by atoms with van der Waals surface area (Å²) in [6, 6.07) is 9.38. The van der Waals surface area contributed by atoms with Gasteiger partial charge in [-0.2, -0.15) is 0 Å². The Bertz CT molecular complexity index is 558. The zero-order chi connectivity index (χ0) is 15.1. The first kappa shape index (κ1) is 15.6. The fraction of sp³-hybridized carbons (Fsp3) is 0.353. The lowest BCUT2D eigenvalue weighted by Crippen LogP contribution is -2.34. The highest BCUT2D eigenvalue weighted by molar-refractivity contribution is 5.20. The first-order valence-electron chi connectivity index (χ1n) is 7.26. The van der Waals surface area contributed by atoms with Crippen LogP contribution in [0.3, 0.4) is 0 Å². The number of hydrogen-bond acceptors (Lipinski definition) is 2. The van der Waals surface area contributed by atoms with Gasteiger partial charge in [0.2, 0.25) is 0 Å². The molecule has 0 radical (unpaired) electrons. The van der Waals surface area contributed by atoms with E-state index in [0.717, 1.165) is 24.7 Å². The lowest BCUT2D eigenvalue weighted by Gasteiger charge is -2.18.